The Morgan fingerprint density at radius 1 is 1.47 bits per heavy atom. The summed E-state index contributed by atoms with van der Waals surface area (Å²) in [4.78, 5) is 22.7. The number of amides is 2. The second-order valence-corrected chi connectivity index (χ2v) is 4.37. The number of hydrogen-bond donors (Lipinski definition) is 3. The van der Waals surface area contributed by atoms with Crippen LogP contribution in [0.2, 0.25) is 0 Å². The smallest absolute Gasteiger partial charge is 0.237 e. The molecule has 0 heterocycles. The van der Waals surface area contributed by atoms with Crippen molar-refractivity contribution in [1.82, 2.24) is 10.6 Å². The predicted octanol–water partition coefficient (Wildman–Crippen LogP) is 0.0648. The first kappa shape index (κ1) is 13.7. The minimum atomic E-state index is -0.534. The maximum atomic E-state index is 11.4. The molecule has 4 N–H and O–H groups in total. The second-order valence-electron chi connectivity index (χ2n) is 4.37. The van der Waals surface area contributed by atoms with Crippen molar-refractivity contribution in [3.05, 3.63) is 12.7 Å². The molecule has 2 amide bonds. The zero-order valence-electron chi connectivity index (χ0n) is 10.1. The molecular formula is C12H21N3O2. The van der Waals surface area contributed by atoms with Crippen LogP contribution < -0.4 is 16.4 Å². The molecule has 1 saturated carbocycles. The molecule has 1 fully saturated rings. The van der Waals surface area contributed by atoms with Gasteiger partial charge in [0.05, 0.1) is 6.04 Å². The molecule has 0 saturated heterocycles. The third-order valence-electron chi connectivity index (χ3n) is 2.58. The molecule has 0 bridgehead atoms. The van der Waals surface area contributed by atoms with E-state index in [1.165, 1.54) is 0 Å². The number of nitrogens with one attached hydrogen (secondary N) is 2. The van der Waals surface area contributed by atoms with Gasteiger partial charge in [-0.25, -0.2) is 0 Å². The Morgan fingerprint density at radius 2 is 2.18 bits per heavy atom. The van der Waals surface area contributed by atoms with E-state index in [2.05, 4.69) is 17.2 Å². The number of carbonyl (C=O) groups excluding carboxylic acids is 2. The Kier molecular flexibility index (Phi) is 5.69. The van der Waals surface area contributed by atoms with Crippen molar-refractivity contribution >= 4 is 11.8 Å². The van der Waals surface area contributed by atoms with Crippen LogP contribution in [-0.2, 0) is 9.59 Å². The number of nitrogens with two attached hydrogens (primary N) is 1. The van der Waals surface area contributed by atoms with Crippen LogP contribution in [0.4, 0.5) is 0 Å². The minimum absolute atomic E-state index is 0.0668. The lowest BCUT2D eigenvalue weighted by molar-refractivity contribution is -0.123. The monoisotopic (exact) mass is 239 g/mol. The van der Waals surface area contributed by atoms with Crippen molar-refractivity contribution < 1.29 is 9.59 Å². The van der Waals surface area contributed by atoms with E-state index in [1.807, 2.05) is 0 Å². The summed E-state index contributed by atoms with van der Waals surface area (Å²) in [5.74, 6) is -0.121. The summed E-state index contributed by atoms with van der Waals surface area (Å²) in [6, 6.07) is -0.133. The number of carbonyl (C=O) groups is 2. The molecule has 0 spiro atoms. The van der Waals surface area contributed by atoms with E-state index in [9.17, 15) is 9.59 Å². The normalized spacial score (nSPS) is 16.1. The van der Waals surface area contributed by atoms with Crippen LogP contribution in [0, 0.1) is 0 Å². The van der Waals surface area contributed by atoms with Crippen molar-refractivity contribution in [3.63, 3.8) is 0 Å². The van der Waals surface area contributed by atoms with Gasteiger partial charge in [-0.1, -0.05) is 6.08 Å². The lowest BCUT2D eigenvalue weighted by Crippen LogP contribution is -2.40. The predicted molar refractivity (Wildman–Crippen MR) is 66.2 cm³/mol. The topological polar surface area (TPSA) is 84.2 Å². The molecule has 1 unspecified atom stereocenters. The summed E-state index contributed by atoms with van der Waals surface area (Å²) in [7, 11) is 0. The van der Waals surface area contributed by atoms with Gasteiger partial charge >= 0.3 is 0 Å². The fraction of sp³-hybridized carbons (Fsp3) is 0.667. The van der Waals surface area contributed by atoms with E-state index in [4.69, 9.17) is 5.73 Å². The SMILES string of the molecule is C=CCC(N)C(=O)NCCCC(=O)NC1CC1. The maximum Gasteiger partial charge on any atom is 0.237 e. The summed E-state index contributed by atoms with van der Waals surface area (Å²) < 4.78 is 0. The molecule has 0 aliphatic heterocycles. The molecule has 17 heavy (non-hydrogen) atoms. The van der Waals surface area contributed by atoms with Crippen molar-refractivity contribution in [2.75, 3.05) is 6.54 Å². The standard InChI is InChI=1S/C12H21N3O2/c1-2-4-10(13)12(17)14-8-3-5-11(16)15-9-6-7-9/h2,9-10H,1,3-8,13H2,(H,14,17)(H,15,16). The van der Waals surface area contributed by atoms with Crippen molar-refractivity contribution in [2.45, 2.75) is 44.2 Å². The molecule has 0 aromatic rings. The molecule has 96 valence electrons. The van der Waals surface area contributed by atoms with E-state index < -0.39 is 6.04 Å². The molecule has 1 aliphatic carbocycles. The Morgan fingerprint density at radius 3 is 2.76 bits per heavy atom. The second kappa shape index (κ2) is 7.06. The third kappa shape index (κ3) is 6.06. The van der Waals surface area contributed by atoms with Gasteiger partial charge in [0.1, 0.15) is 0 Å². The summed E-state index contributed by atoms with van der Waals surface area (Å²) in [6.07, 6.45) is 5.37. The van der Waals surface area contributed by atoms with Crippen molar-refractivity contribution in [2.24, 2.45) is 5.73 Å². The van der Waals surface area contributed by atoms with Crippen LogP contribution in [0.15, 0.2) is 12.7 Å². The average molecular weight is 239 g/mol. The highest BCUT2D eigenvalue weighted by atomic mass is 16.2. The first-order valence-corrected chi connectivity index (χ1v) is 6.07. The highest BCUT2D eigenvalue weighted by Crippen LogP contribution is 2.18. The lowest BCUT2D eigenvalue weighted by Gasteiger charge is -2.10. The molecule has 0 aromatic carbocycles. The first-order valence-electron chi connectivity index (χ1n) is 6.07. The van der Waals surface area contributed by atoms with E-state index in [0.717, 1.165) is 12.8 Å². The molecule has 5 heteroatoms. The van der Waals surface area contributed by atoms with Crippen LogP contribution in [0.5, 0.6) is 0 Å². The zero-order valence-corrected chi connectivity index (χ0v) is 10.1. The van der Waals surface area contributed by atoms with Gasteiger partial charge in [0.25, 0.3) is 0 Å². The minimum Gasteiger partial charge on any atom is -0.355 e. The largest absolute Gasteiger partial charge is 0.355 e. The number of rotatable bonds is 8. The Labute approximate surface area is 102 Å². The van der Waals surface area contributed by atoms with E-state index >= 15 is 0 Å². The molecule has 0 radical (unpaired) electrons. The van der Waals surface area contributed by atoms with Crippen LogP contribution >= 0.6 is 0 Å². The highest BCUT2D eigenvalue weighted by Gasteiger charge is 2.22. The third-order valence-corrected chi connectivity index (χ3v) is 2.58. The summed E-state index contributed by atoms with van der Waals surface area (Å²) in [5, 5.41) is 5.60. The molecule has 5 nitrogen and oxygen atoms in total. The van der Waals surface area contributed by atoms with Crippen LogP contribution in [0.3, 0.4) is 0 Å². The molecule has 1 aliphatic rings. The molecule has 1 atom stereocenters. The van der Waals surface area contributed by atoms with Crippen molar-refractivity contribution in [1.29, 1.82) is 0 Å². The average Bonchev–Trinajstić information content (AvgIpc) is 3.08. The van der Waals surface area contributed by atoms with Gasteiger partial charge in [-0.2, -0.15) is 0 Å². The molecule has 0 aromatic heterocycles. The zero-order chi connectivity index (χ0) is 12.7. The lowest BCUT2D eigenvalue weighted by atomic mass is 10.2. The van der Waals surface area contributed by atoms with Crippen LogP contribution in [0.1, 0.15) is 32.1 Å². The van der Waals surface area contributed by atoms with Gasteiger partial charge in [-0.3, -0.25) is 9.59 Å². The Bertz CT molecular complexity index is 287. The highest BCUT2D eigenvalue weighted by molar-refractivity contribution is 5.81. The van der Waals surface area contributed by atoms with E-state index in [0.29, 0.717) is 31.8 Å². The fourth-order valence-corrected chi connectivity index (χ4v) is 1.41. The summed E-state index contributed by atoms with van der Waals surface area (Å²) in [5.41, 5.74) is 5.58. The van der Waals surface area contributed by atoms with Gasteiger partial charge in [0.15, 0.2) is 0 Å². The quantitative estimate of drug-likeness (QED) is 0.414. The molecule has 1 rings (SSSR count). The number of hydrogen-bond acceptors (Lipinski definition) is 3. The van der Waals surface area contributed by atoms with Gasteiger partial charge in [-0.15, -0.1) is 6.58 Å². The van der Waals surface area contributed by atoms with E-state index in [1.54, 1.807) is 6.08 Å². The maximum absolute atomic E-state index is 11.4. The van der Waals surface area contributed by atoms with Gasteiger partial charge in [-0.05, 0) is 25.7 Å². The van der Waals surface area contributed by atoms with Gasteiger partial charge in [0, 0.05) is 19.0 Å². The summed E-state index contributed by atoms with van der Waals surface area (Å²) >= 11 is 0. The Hall–Kier alpha value is -1.36. The van der Waals surface area contributed by atoms with E-state index in [-0.39, 0.29) is 11.8 Å². The first-order chi connectivity index (χ1) is 8.13. The van der Waals surface area contributed by atoms with Gasteiger partial charge < -0.3 is 16.4 Å². The fourth-order valence-electron chi connectivity index (χ4n) is 1.41. The van der Waals surface area contributed by atoms with Crippen LogP contribution in [-0.4, -0.2) is 30.4 Å². The Balaban J connectivity index is 2.00. The van der Waals surface area contributed by atoms with Gasteiger partial charge in [0.2, 0.25) is 11.8 Å². The van der Waals surface area contributed by atoms with Crippen LogP contribution in [0.25, 0.3) is 0 Å². The summed E-state index contributed by atoms with van der Waals surface area (Å²) in [6.45, 7) is 4.01. The van der Waals surface area contributed by atoms with Crippen molar-refractivity contribution in [3.8, 4) is 0 Å². The molecular weight excluding hydrogens is 218 g/mol.